The number of aromatic nitrogens is 1. The largest absolute Gasteiger partial charge is 0.489 e. The van der Waals surface area contributed by atoms with Crippen molar-refractivity contribution in [2.24, 2.45) is 0 Å². The van der Waals surface area contributed by atoms with E-state index in [0.29, 0.717) is 6.04 Å². The smallest absolute Gasteiger partial charge is 0.114 e. The molecule has 0 saturated heterocycles. The van der Waals surface area contributed by atoms with Gasteiger partial charge in [-0.1, -0.05) is 25.1 Å². The molecule has 2 rings (SSSR count). The predicted octanol–water partition coefficient (Wildman–Crippen LogP) is 4.44. The molecule has 1 aromatic heterocycles. The lowest BCUT2D eigenvalue weighted by molar-refractivity contribution is 0.0203. The van der Waals surface area contributed by atoms with Gasteiger partial charge in [0.2, 0.25) is 0 Å². The molecule has 0 amide bonds. The van der Waals surface area contributed by atoms with E-state index in [1.807, 2.05) is 43.5 Å². The lowest BCUT2D eigenvalue weighted by atomic mass is 9.91. The van der Waals surface area contributed by atoms with Gasteiger partial charge in [0.1, 0.15) is 11.9 Å². The maximum Gasteiger partial charge on any atom is 0.114 e. The van der Waals surface area contributed by atoms with Gasteiger partial charge >= 0.3 is 0 Å². The highest BCUT2D eigenvalue weighted by atomic mass is 16.5. The van der Waals surface area contributed by atoms with Gasteiger partial charge in [0, 0.05) is 12.2 Å². The maximum absolute atomic E-state index is 6.13. The molecule has 0 bridgehead atoms. The molecule has 1 fully saturated rings. The van der Waals surface area contributed by atoms with Crippen molar-refractivity contribution in [3.63, 3.8) is 0 Å². The minimum Gasteiger partial charge on any atom is -0.489 e. The van der Waals surface area contributed by atoms with Gasteiger partial charge in [-0.05, 0) is 70.1 Å². The van der Waals surface area contributed by atoms with E-state index in [1.165, 1.54) is 19.3 Å². The summed E-state index contributed by atoms with van der Waals surface area (Å²) in [4.78, 5) is 6.65. The third-order valence-corrected chi connectivity index (χ3v) is 4.35. The Bertz CT molecular complexity index is 560. The number of hydrogen-bond donors (Lipinski definition) is 0. The Kier molecular flexibility index (Phi) is 6.60. The first-order valence-corrected chi connectivity index (χ1v) is 8.39. The first-order valence-electron chi connectivity index (χ1n) is 8.39. The van der Waals surface area contributed by atoms with Crippen LogP contribution in [0.3, 0.4) is 0 Å². The molecule has 0 aliphatic heterocycles. The topological polar surface area (TPSA) is 25.4 Å². The van der Waals surface area contributed by atoms with Crippen LogP contribution in [0.4, 0.5) is 0 Å². The van der Waals surface area contributed by atoms with Crippen LogP contribution < -0.4 is 0 Å². The molecule has 0 aromatic carbocycles. The molecule has 0 unspecified atom stereocenters. The van der Waals surface area contributed by atoms with Gasteiger partial charge in [-0.25, -0.2) is 0 Å². The zero-order valence-electron chi connectivity index (χ0n) is 14.5. The summed E-state index contributed by atoms with van der Waals surface area (Å²) in [5, 5.41) is 0. The van der Waals surface area contributed by atoms with Crippen molar-refractivity contribution < 1.29 is 4.74 Å². The molecule has 1 aliphatic rings. The number of likely N-dealkylation sites (N-methyl/N-ethyl adjacent to an activating group) is 1. The lowest BCUT2D eigenvalue weighted by Gasteiger charge is -2.36. The number of rotatable bonds is 6. The molecular formula is C20H28N2O. The molecular weight excluding hydrogens is 284 g/mol. The van der Waals surface area contributed by atoms with Crippen LogP contribution >= 0.6 is 0 Å². The Hall–Kier alpha value is -1.87. The van der Waals surface area contributed by atoms with Crippen molar-refractivity contribution in [1.82, 2.24) is 9.88 Å². The second-order valence-electron chi connectivity index (χ2n) is 6.23. The fraction of sp³-hybridized carbons (Fsp3) is 0.450. The summed E-state index contributed by atoms with van der Waals surface area (Å²) >= 11 is 0. The molecule has 1 aromatic rings. The van der Waals surface area contributed by atoms with Crippen molar-refractivity contribution in [2.45, 2.75) is 44.8 Å². The highest BCUT2D eigenvalue weighted by molar-refractivity contribution is 5.71. The van der Waals surface area contributed by atoms with Crippen LogP contribution in [0.15, 0.2) is 55.0 Å². The normalized spacial score (nSPS) is 22.5. The number of allylic oxidation sites excluding steroid dienone is 4. The molecule has 3 nitrogen and oxygen atoms in total. The number of pyridine rings is 1. The second-order valence-corrected chi connectivity index (χ2v) is 6.23. The Morgan fingerprint density at radius 2 is 2.04 bits per heavy atom. The Morgan fingerprint density at radius 3 is 2.70 bits per heavy atom. The zero-order chi connectivity index (χ0) is 16.7. The van der Waals surface area contributed by atoms with Crippen LogP contribution in [-0.2, 0) is 4.74 Å². The average Bonchev–Trinajstić information content (AvgIpc) is 2.56. The highest BCUT2D eigenvalue weighted by Crippen LogP contribution is 2.26. The third kappa shape index (κ3) is 5.07. The van der Waals surface area contributed by atoms with Gasteiger partial charge in [-0.15, -0.1) is 0 Å². The summed E-state index contributed by atoms with van der Waals surface area (Å²) in [6.45, 7) is 6.08. The summed E-state index contributed by atoms with van der Waals surface area (Å²) < 4.78 is 6.13. The molecule has 1 heterocycles. The van der Waals surface area contributed by atoms with Gasteiger partial charge in [-0.3, -0.25) is 4.98 Å². The SMILES string of the molecule is C=C(/C=C\C(=C/C)c1ccccn1)O[C@H]1CCCC[C@@H]1N(C)C. The molecule has 2 atom stereocenters. The minimum atomic E-state index is 0.236. The van der Waals surface area contributed by atoms with E-state index in [9.17, 15) is 0 Å². The van der Waals surface area contributed by atoms with Crippen LogP contribution in [0.1, 0.15) is 38.3 Å². The van der Waals surface area contributed by atoms with Crippen molar-refractivity contribution in [1.29, 1.82) is 0 Å². The minimum absolute atomic E-state index is 0.236. The van der Waals surface area contributed by atoms with Crippen LogP contribution in [0.25, 0.3) is 5.57 Å². The average molecular weight is 312 g/mol. The summed E-state index contributed by atoms with van der Waals surface area (Å²) in [6, 6.07) is 6.40. The number of hydrogen-bond acceptors (Lipinski definition) is 3. The van der Waals surface area contributed by atoms with Gasteiger partial charge in [0.05, 0.1) is 5.69 Å². The molecule has 1 saturated carbocycles. The van der Waals surface area contributed by atoms with Gasteiger partial charge in [-0.2, -0.15) is 0 Å². The van der Waals surface area contributed by atoms with E-state index in [4.69, 9.17) is 4.74 Å². The van der Waals surface area contributed by atoms with Crippen molar-refractivity contribution in [3.05, 3.63) is 60.7 Å². The van der Waals surface area contributed by atoms with E-state index in [-0.39, 0.29) is 6.10 Å². The van der Waals surface area contributed by atoms with Gasteiger partial charge < -0.3 is 9.64 Å². The fourth-order valence-electron chi connectivity index (χ4n) is 3.08. The molecule has 124 valence electrons. The zero-order valence-corrected chi connectivity index (χ0v) is 14.5. The second kappa shape index (κ2) is 8.68. The summed E-state index contributed by atoms with van der Waals surface area (Å²) in [6.07, 6.45) is 12.9. The fourth-order valence-corrected chi connectivity index (χ4v) is 3.08. The Labute approximate surface area is 140 Å². The number of nitrogens with zero attached hydrogens (tertiary/aromatic N) is 2. The monoisotopic (exact) mass is 312 g/mol. The molecule has 23 heavy (non-hydrogen) atoms. The first kappa shape index (κ1) is 17.5. The van der Waals surface area contributed by atoms with E-state index < -0.39 is 0 Å². The van der Waals surface area contributed by atoms with Crippen LogP contribution in [-0.4, -0.2) is 36.1 Å². The van der Waals surface area contributed by atoms with Crippen LogP contribution in [0, 0.1) is 0 Å². The highest BCUT2D eigenvalue weighted by Gasteiger charge is 2.28. The Balaban J connectivity index is 1.98. The van der Waals surface area contributed by atoms with E-state index in [2.05, 4.69) is 36.6 Å². The van der Waals surface area contributed by atoms with Gasteiger partial charge in [0.25, 0.3) is 0 Å². The van der Waals surface area contributed by atoms with Crippen molar-refractivity contribution in [2.75, 3.05) is 14.1 Å². The predicted molar refractivity (Wildman–Crippen MR) is 97.0 cm³/mol. The van der Waals surface area contributed by atoms with Crippen molar-refractivity contribution in [3.8, 4) is 0 Å². The molecule has 0 spiro atoms. The quantitative estimate of drug-likeness (QED) is 0.573. The summed E-state index contributed by atoms with van der Waals surface area (Å²) in [5.74, 6) is 0.721. The lowest BCUT2D eigenvalue weighted by Crippen LogP contribution is -2.42. The Morgan fingerprint density at radius 1 is 1.26 bits per heavy atom. The van der Waals surface area contributed by atoms with E-state index in [0.717, 1.165) is 23.4 Å². The van der Waals surface area contributed by atoms with E-state index in [1.54, 1.807) is 0 Å². The van der Waals surface area contributed by atoms with Gasteiger partial charge in [0.15, 0.2) is 0 Å². The molecule has 1 aliphatic carbocycles. The standard InChI is InChI=1S/C20H28N2O/c1-5-17(18-10-8-9-15-21-18)14-13-16(2)23-20-12-7-6-11-19(20)22(3)4/h5,8-10,13-15,19-20H,2,6-7,11-12H2,1,3-4H3/b14-13-,17-5+/t19-,20-/m0/s1. The maximum atomic E-state index is 6.13. The van der Waals surface area contributed by atoms with Crippen LogP contribution in [0.5, 0.6) is 0 Å². The molecule has 0 N–H and O–H groups in total. The van der Waals surface area contributed by atoms with Crippen molar-refractivity contribution >= 4 is 5.57 Å². The first-order chi connectivity index (χ1) is 11.1. The summed E-state index contributed by atoms with van der Waals surface area (Å²) in [5.41, 5.74) is 2.03. The van der Waals surface area contributed by atoms with E-state index >= 15 is 0 Å². The number of ether oxygens (including phenoxy) is 1. The molecule has 0 radical (unpaired) electrons. The van der Waals surface area contributed by atoms with Crippen LogP contribution in [0.2, 0.25) is 0 Å². The third-order valence-electron chi connectivity index (χ3n) is 4.35. The molecule has 3 heteroatoms. The summed E-state index contributed by atoms with van der Waals surface area (Å²) in [7, 11) is 4.26.